The van der Waals surface area contributed by atoms with Gasteiger partial charge in [-0.1, -0.05) is 60.9 Å². The molecule has 0 aliphatic carbocycles. The highest BCUT2D eigenvalue weighted by Gasteiger charge is 2.25. The van der Waals surface area contributed by atoms with Gasteiger partial charge in [0, 0.05) is 33.6 Å². The van der Waals surface area contributed by atoms with Crippen molar-refractivity contribution in [1.29, 1.82) is 0 Å². The van der Waals surface area contributed by atoms with Crippen molar-refractivity contribution in [2.24, 2.45) is 13.0 Å². The van der Waals surface area contributed by atoms with Crippen molar-refractivity contribution in [2.75, 3.05) is 11.1 Å². The molecule has 2 aromatic carbocycles. The van der Waals surface area contributed by atoms with Gasteiger partial charge in [0.15, 0.2) is 16.1 Å². The van der Waals surface area contributed by atoms with Gasteiger partial charge in [-0.2, -0.15) is 0 Å². The van der Waals surface area contributed by atoms with Crippen LogP contribution in [-0.4, -0.2) is 37.3 Å². The summed E-state index contributed by atoms with van der Waals surface area (Å²) in [5, 5.41) is 18.6. The average Bonchev–Trinajstić information content (AvgIpc) is 3.48. The van der Waals surface area contributed by atoms with Crippen molar-refractivity contribution in [3.8, 4) is 11.3 Å². The first kappa shape index (κ1) is 27.1. The van der Waals surface area contributed by atoms with Gasteiger partial charge in [0.1, 0.15) is 0 Å². The number of carbonyl (C=O) groups is 2. The fraction of sp³-hybridized carbons (Fsp3) is 0.240. The number of nitrogens with one attached hydrogen (secondary N) is 2. The predicted molar refractivity (Wildman–Crippen MR) is 149 cm³/mol. The first-order valence-corrected chi connectivity index (χ1v) is 13.9. The summed E-state index contributed by atoms with van der Waals surface area (Å²) >= 11 is 14.5. The van der Waals surface area contributed by atoms with E-state index >= 15 is 0 Å². The van der Waals surface area contributed by atoms with Crippen LogP contribution in [0.15, 0.2) is 59.1 Å². The van der Waals surface area contributed by atoms with E-state index in [1.807, 2.05) is 38.4 Å². The Bertz CT molecular complexity index is 1390. The van der Waals surface area contributed by atoms with Gasteiger partial charge >= 0.3 is 0 Å². The molecule has 2 aromatic heterocycles. The summed E-state index contributed by atoms with van der Waals surface area (Å²) < 4.78 is 1.80. The van der Waals surface area contributed by atoms with Crippen molar-refractivity contribution in [1.82, 2.24) is 25.1 Å². The van der Waals surface area contributed by atoms with Crippen LogP contribution in [0.5, 0.6) is 0 Å². The molecular formula is C25H24Cl2N6O2S2. The molecule has 37 heavy (non-hydrogen) atoms. The molecule has 0 spiro atoms. The number of hydrogen-bond acceptors (Lipinski definition) is 7. The molecule has 0 aliphatic heterocycles. The minimum Gasteiger partial charge on any atom is -0.342 e. The van der Waals surface area contributed by atoms with E-state index in [9.17, 15) is 9.59 Å². The summed E-state index contributed by atoms with van der Waals surface area (Å²) in [7, 11) is 1.82. The zero-order valence-corrected chi connectivity index (χ0v) is 23.4. The van der Waals surface area contributed by atoms with Gasteiger partial charge in [0.25, 0.3) is 5.91 Å². The molecule has 0 radical (unpaired) electrons. The second kappa shape index (κ2) is 12.1. The van der Waals surface area contributed by atoms with Gasteiger partial charge in [0.2, 0.25) is 5.91 Å². The largest absolute Gasteiger partial charge is 0.342 e. The molecule has 192 valence electrons. The number of aromatic nitrogens is 4. The third-order valence-electron chi connectivity index (χ3n) is 5.43. The van der Waals surface area contributed by atoms with Gasteiger partial charge in [-0.15, -0.1) is 21.5 Å². The van der Waals surface area contributed by atoms with E-state index in [4.69, 9.17) is 23.2 Å². The molecule has 0 saturated carbocycles. The smallest absolute Gasteiger partial charge is 0.251 e. The molecule has 2 N–H and O–H groups in total. The van der Waals surface area contributed by atoms with E-state index in [1.54, 1.807) is 41.0 Å². The highest BCUT2D eigenvalue weighted by Crippen LogP contribution is 2.27. The molecule has 12 heteroatoms. The molecule has 0 fully saturated rings. The topological polar surface area (TPSA) is 102 Å². The van der Waals surface area contributed by atoms with E-state index in [-0.39, 0.29) is 29.5 Å². The van der Waals surface area contributed by atoms with Crippen molar-refractivity contribution in [2.45, 2.75) is 25.0 Å². The lowest BCUT2D eigenvalue weighted by atomic mass is 10.0. The van der Waals surface area contributed by atoms with Crippen molar-refractivity contribution in [3.63, 3.8) is 0 Å². The molecule has 2 heterocycles. The molecule has 0 saturated heterocycles. The van der Waals surface area contributed by atoms with Crippen LogP contribution < -0.4 is 10.6 Å². The molecule has 0 aliphatic rings. The van der Waals surface area contributed by atoms with Crippen LogP contribution in [0.3, 0.4) is 0 Å². The molecule has 4 aromatic rings. The molecule has 0 bridgehead atoms. The third-order valence-corrected chi connectivity index (χ3v) is 7.71. The zero-order valence-electron chi connectivity index (χ0n) is 20.2. The van der Waals surface area contributed by atoms with Gasteiger partial charge < -0.3 is 15.2 Å². The average molecular weight is 576 g/mol. The number of amides is 2. The van der Waals surface area contributed by atoms with Crippen LogP contribution >= 0.6 is 46.3 Å². The van der Waals surface area contributed by atoms with Gasteiger partial charge in [-0.3, -0.25) is 9.59 Å². The standard InChI is InChI=1S/C25H24Cl2N6O2S2/c1-14(2)21(30-23(35)16-6-10-18(27)11-7-16)22-31-32-25(33(22)3)37-13-20(34)29-24-28-19(12-36-24)15-4-8-17(26)9-5-15/h4-12,14,21H,13H2,1-3H3,(H,30,35)(H,28,29,34)/t21-/m0/s1. The maximum Gasteiger partial charge on any atom is 0.251 e. The maximum absolute atomic E-state index is 12.8. The van der Waals surface area contributed by atoms with Crippen LogP contribution in [0.1, 0.15) is 36.1 Å². The fourth-order valence-corrected chi connectivity index (χ4v) is 5.15. The maximum atomic E-state index is 12.8. The fourth-order valence-electron chi connectivity index (χ4n) is 3.45. The SMILES string of the molecule is CC(C)[C@H](NC(=O)c1ccc(Cl)cc1)c1nnc(SCC(=O)Nc2nc(-c3ccc(Cl)cc3)cs2)n1C. The summed E-state index contributed by atoms with van der Waals surface area (Å²) in [6, 6.07) is 13.7. The molecule has 1 atom stereocenters. The Labute approximate surface area is 232 Å². The molecular weight excluding hydrogens is 551 g/mol. The lowest BCUT2D eigenvalue weighted by Crippen LogP contribution is -2.33. The Morgan fingerprint density at radius 1 is 1.03 bits per heavy atom. The third kappa shape index (κ3) is 6.89. The normalized spacial score (nSPS) is 11.9. The number of thiazole rings is 1. The summed E-state index contributed by atoms with van der Waals surface area (Å²) in [4.78, 5) is 29.8. The first-order valence-electron chi connectivity index (χ1n) is 11.3. The Balaban J connectivity index is 1.37. The van der Waals surface area contributed by atoms with Gasteiger partial charge in [-0.25, -0.2) is 4.98 Å². The molecule has 8 nitrogen and oxygen atoms in total. The Kier molecular flexibility index (Phi) is 8.86. The van der Waals surface area contributed by atoms with Crippen LogP contribution in [0, 0.1) is 5.92 Å². The summed E-state index contributed by atoms with van der Waals surface area (Å²) in [6.45, 7) is 3.99. The van der Waals surface area contributed by atoms with E-state index in [0.717, 1.165) is 11.3 Å². The molecule has 2 amide bonds. The second-order valence-electron chi connectivity index (χ2n) is 8.48. The van der Waals surface area contributed by atoms with Crippen LogP contribution in [0.4, 0.5) is 5.13 Å². The number of benzene rings is 2. The zero-order chi connectivity index (χ0) is 26.5. The lowest BCUT2D eigenvalue weighted by Gasteiger charge is -2.21. The summed E-state index contributed by atoms with van der Waals surface area (Å²) in [5.74, 6) is 0.356. The predicted octanol–water partition coefficient (Wildman–Crippen LogP) is 6.10. The number of rotatable bonds is 9. The minimum atomic E-state index is -0.370. The summed E-state index contributed by atoms with van der Waals surface area (Å²) in [6.07, 6.45) is 0. The number of carbonyl (C=O) groups excluding carboxylic acids is 2. The van der Waals surface area contributed by atoms with Gasteiger partial charge in [-0.05, 0) is 42.3 Å². The van der Waals surface area contributed by atoms with E-state index in [2.05, 4.69) is 25.8 Å². The quantitative estimate of drug-likeness (QED) is 0.234. The molecule has 0 unspecified atom stereocenters. The minimum absolute atomic E-state index is 0.0556. The van der Waals surface area contributed by atoms with Crippen molar-refractivity contribution < 1.29 is 9.59 Å². The lowest BCUT2D eigenvalue weighted by molar-refractivity contribution is -0.113. The van der Waals surface area contributed by atoms with E-state index in [1.165, 1.54) is 23.1 Å². The number of thioether (sulfide) groups is 1. The second-order valence-corrected chi connectivity index (χ2v) is 11.2. The monoisotopic (exact) mass is 574 g/mol. The van der Waals surface area contributed by atoms with E-state index in [0.29, 0.717) is 31.7 Å². The summed E-state index contributed by atoms with van der Waals surface area (Å²) in [5.41, 5.74) is 2.19. The number of nitrogens with zero attached hydrogens (tertiary/aromatic N) is 4. The van der Waals surface area contributed by atoms with Crippen LogP contribution in [-0.2, 0) is 11.8 Å². The highest BCUT2D eigenvalue weighted by atomic mass is 35.5. The Hall–Kier alpha value is -2.92. The van der Waals surface area contributed by atoms with Crippen molar-refractivity contribution in [3.05, 3.63) is 75.3 Å². The van der Waals surface area contributed by atoms with E-state index < -0.39 is 0 Å². The van der Waals surface area contributed by atoms with Gasteiger partial charge in [0.05, 0.1) is 17.5 Å². The number of halogens is 2. The Morgan fingerprint density at radius 2 is 1.68 bits per heavy atom. The van der Waals surface area contributed by atoms with Crippen LogP contribution in [0.2, 0.25) is 10.0 Å². The Morgan fingerprint density at radius 3 is 2.32 bits per heavy atom. The van der Waals surface area contributed by atoms with Crippen molar-refractivity contribution >= 4 is 63.2 Å². The molecule has 4 rings (SSSR count). The number of anilines is 1. The van der Waals surface area contributed by atoms with Crippen LogP contribution in [0.25, 0.3) is 11.3 Å². The highest BCUT2D eigenvalue weighted by molar-refractivity contribution is 7.99. The number of hydrogen-bond donors (Lipinski definition) is 2. The first-order chi connectivity index (χ1) is 17.7.